The third kappa shape index (κ3) is 4.34. The largest absolute Gasteiger partial charge is 0.312 e. The van der Waals surface area contributed by atoms with Crippen LogP contribution in [-0.2, 0) is 23.1 Å². The van der Waals surface area contributed by atoms with E-state index in [1.165, 1.54) is 11.3 Å². The van der Waals surface area contributed by atoms with E-state index in [1.807, 2.05) is 19.9 Å². The van der Waals surface area contributed by atoms with Crippen molar-refractivity contribution in [2.24, 2.45) is 0 Å². The first-order valence-corrected chi connectivity index (χ1v) is 9.02. The third-order valence-electron chi connectivity index (χ3n) is 2.93. The monoisotopic (exact) mass is 325 g/mol. The quantitative estimate of drug-likeness (QED) is 0.817. The Balaban J connectivity index is 2.10. The number of rotatable bonds is 7. The molecule has 2 aromatic rings. The van der Waals surface area contributed by atoms with Crippen LogP contribution in [0.5, 0.6) is 0 Å². The minimum absolute atomic E-state index is 0.195. The van der Waals surface area contributed by atoms with Crippen LogP contribution in [0, 0.1) is 6.92 Å². The molecule has 21 heavy (non-hydrogen) atoms. The average Bonchev–Trinajstić information content (AvgIpc) is 2.86. The second-order valence-electron chi connectivity index (χ2n) is 4.56. The molecule has 0 fully saturated rings. The van der Waals surface area contributed by atoms with Crippen LogP contribution in [0.15, 0.2) is 35.4 Å². The Hall–Kier alpha value is -1.28. The van der Waals surface area contributed by atoms with Crippen LogP contribution in [0.3, 0.4) is 0 Å². The Morgan fingerprint density at radius 3 is 2.76 bits per heavy atom. The third-order valence-corrected chi connectivity index (χ3v) is 5.64. The molecule has 0 radical (unpaired) electrons. The second kappa shape index (κ2) is 7.13. The van der Waals surface area contributed by atoms with Gasteiger partial charge in [-0.15, -0.1) is 11.3 Å². The summed E-state index contributed by atoms with van der Waals surface area (Å²) in [5, 5.41) is 3.20. The van der Waals surface area contributed by atoms with Crippen LogP contribution in [0.4, 0.5) is 0 Å². The summed E-state index contributed by atoms with van der Waals surface area (Å²) in [6, 6.07) is 7.16. The second-order valence-corrected chi connectivity index (χ2v) is 7.64. The highest BCUT2D eigenvalue weighted by atomic mass is 32.2. The van der Waals surface area contributed by atoms with Gasteiger partial charge in [-0.05, 0) is 31.7 Å². The van der Waals surface area contributed by atoms with Crippen LogP contribution in [0.2, 0.25) is 0 Å². The van der Waals surface area contributed by atoms with E-state index in [2.05, 4.69) is 15.0 Å². The van der Waals surface area contributed by atoms with Gasteiger partial charge in [-0.3, -0.25) is 4.98 Å². The molecule has 7 heteroatoms. The summed E-state index contributed by atoms with van der Waals surface area (Å²) in [6.45, 7) is 5.59. The summed E-state index contributed by atoms with van der Waals surface area (Å²) in [6.07, 6.45) is 1.65. The lowest BCUT2D eigenvalue weighted by Crippen LogP contribution is -2.23. The highest BCUT2D eigenvalue weighted by Crippen LogP contribution is 2.25. The van der Waals surface area contributed by atoms with Gasteiger partial charge in [-0.25, -0.2) is 13.1 Å². The lowest BCUT2D eigenvalue weighted by Gasteiger charge is -2.05. The van der Waals surface area contributed by atoms with Gasteiger partial charge in [0.15, 0.2) is 0 Å². The highest BCUT2D eigenvalue weighted by molar-refractivity contribution is 7.89. The molecule has 0 aromatic carbocycles. The zero-order valence-electron chi connectivity index (χ0n) is 12.1. The Morgan fingerprint density at radius 1 is 1.29 bits per heavy atom. The van der Waals surface area contributed by atoms with Gasteiger partial charge in [-0.1, -0.05) is 13.0 Å². The molecule has 0 saturated heterocycles. The molecule has 0 atom stereocenters. The van der Waals surface area contributed by atoms with Crippen molar-refractivity contribution in [3.8, 4) is 0 Å². The molecule has 2 rings (SSSR count). The predicted octanol–water partition coefficient (Wildman–Crippen LogP) is 2.04. The normalized spacial score (nSPS) is 11.7. The van der Waals surface area contributed by atoms with Gasteiger partial charge in [0.1, 0.15) is 0 Å². The highest BCUT2D eigenvalue weighted by Gasteiger charge is 2.19. The number of nitrogens with one attached hydrogen (secondary N) is 2. The molecule has 0 aliphatic rings. The van der Waals surface area contributed by atoms with Crippen molar-refractivity contribution >= 4 is 21.4 Å². The maximum atomic E-state index is 12.4. The van der Waals surface area contributed by atoms with Crippen molar-refractivity contribution in [1.29, 1.82) is 0 Å². The first-order chi connectivity index (χ1) is 10.0. The number of aromatic nitrogens is 1. The zero-order chi connectivity index (χ0) is 15.3. The molecule has 0 aliphatic carbocycles. The molecule has 0 spiro atoms. The fourth-order valence-electron chi connectivity index (χ4n) is 1.88. The van der Waals surface area contributed by atoms with E-state index in [-0.39, 0.29) is 6.54 Å². The topological polar surface area (TPSA) is 71.1 Å². The molecule has 5 nitrogen and oxygen atoms in total. The number of thiophene rings is 1. The molecular formula is C14H19N3O2S2. The lowest BCUT2D eigenvalue weighted by atomic mass is 10.4. The van der Waals surface area contributed by atoms with Crippen LogP contribution >= 0.6 is 11.3 Å². The van der Waals surface area contributed by atoms with Gasteiger partial charge in [-0.2, -0.15) is 0 Å². The van der Waals surface area contributed by atoms with Gasteiger partial charge in [0, 0.05) is 22.5 Å². The van der Waals surface area contributed by atoms with Gasteiger partial charge in [0.25, 0.3) is 0 Å². The fraction of sp³-hybridized carbons (Fsp3) is 0.357. The van der Waals surface area contributed by atoms with E-state index in [9.17, 15) is 8.42 Å². The summed E-state index contributed by atoms with van der Waals surface area (Å²) in [5.74, 6) is 0. The van der Waals surface area contributed by atoms with E-state index >= 15 is 0 Å². The van der Waals surface area contributed by atoms with Gasteiger partial charge < -0.3 is 5.32 Å². The standard InChI is InChI=1S/C14H19N3O2S2/c1-3-15-10-13-8-14(11(2)20-13)21(18,19)17-9-12-6-4-5-7-16-12/h4-8,15,17H,3,9-10H2,1-2H3. The van der Waals surface area contributed by atoms with E-state index in [0.717, 1.165) is 16.3 Å². The lowest BCUT2D eigenvalue weighted by molar-refractivity contribution is 0.580. The Bertz CT molecular complexity index is 681. The molecule has 114 valence electrons. The number of hydrogen-bond donors (Lipinski definition) is 2. The van der Waals surface area contributed by atoms with Crippen molar-refractivity contribution in [3.63, 3.8) is 0 Å². The minimum atomic E-state index is -3.50. The summed E-state index contributed by atoms with van der Waals surface area (Å²) < 4.78 is 27.3. The number of hydrogen-bond acceptors (Lipinski definition) is 5. The van der Waals surface area contributed by atoms with Crippen molar-refractivity contribution in [2.45, 2.75) is 31.8 Å². The number of pyridine rings is 1. The molecule has 0 saturated carbocycles. The Labute approximate surface area is 129 Å². The zero-order valence-corrected chi connectivity index (χ0v) is 13.7. The Kier molecular flexibility index (Phi) is 5.46. The molecular weight excluding hydrogens is 306 g/mol. The van der Waals surface area contributed by atoms with E-state index in [0.29, 0.717) is 17.1 Å². The van der Waals surface area contributed by atoms with E-state index in [1.54, 1.807) is 24.4 Å². The molecule has 2 aromatic heterocycles. The van der Waals surface area contributed by atoms with E-state index < -0.39 is 10.0 Å². The Morgan fingerprint density at radius 2 is 2.10 bits per heavy atom. The minimum Gasteiger partial charge on any atom is -0.312 e. The number of nitrogens with zero attached hydrogens (tertiary/aromatic N) is 1. The molecule has 0 bridgehead atoms. The van der Waals surface area contributed by atoms with Crippen LogP contribution in [0.25, 0.3) is 0 Å². The van der Waals surface area contributed by atoms with Crippen LogP contribution in [-0.4, -0.2) is 19.9 Å². The molecule has 0 aliphatic heterocycles. The summed E-state index contributed by atoms with van der Waals surface area (Å²) in [5.41, 5.74) is 0.696. The SMILES string of the molecule is CCNCc1cc(S(=O)(=O)NCc2ccccn2)c(C)s1. The average molecular weight is 325 g/mol. The van der Waals surface area contributed by atoms with Crippen molar-refractivity contribution in [1.82, 2.24) is 15.0 Å². The number of aryl methyl sites for hydroxylation is 1. The molecule has 0 unspecified atom stereocenters. The maximum absolute atomic E-state index is 12.4. The van der Waals surface area contributed by atoms with Crippen LogP contribution < -0.4 is 10.0 Å². The maximum Gasteiger partial charge on any atom is 0.242 e. The smallest absolute Gasteiger partial charge is 0.242 e. The molecule has 2 N–H and O–H groups in total. The van der Waals surface area contributed by atoms with E-state index in [4.69, 9.17) is 0 Å². The van der Waals surface area contributed by atoms with Gasteiger partial charge in [0.05, 0.1) is 17.1 Å². The summed E-state index contributed by atoms with van der Waals surface area (Å²) in [7, 11) is -3.50. The van der Waals surface area contributed by atoms with Crippen LogP contribution in [0.1, 0.15) is 22.4 Å². The van der Waals surface area contributed by atoms with Crippen molar-refractivity contribution in [2.75, 3.05) is 6.54 Å². The molecule has 2 heterocycles. The summed E-state index contributed by atoms with van der Waals surface area (Å²) in [4.78, 5) is 6.29. The summed E-state index contributed by atoms with van der Waals surface area (Å²) >= 11 is 1.51. The first kappa shape index (κ1) is 16.1. The van der Waals surface area contributed by atoms with Gasteiger partial charge in [0.2, 0.25) is 10.0 Å². The first-order valence-electron chi connectivity index (χ1n) is 6.72. The van der Waals surface area contributed by atoms with Crippen molar-refractivity contribution in [3.05, 3.63) is 45.9 Å². The molecule has 0 amide bonds. The van der Waals surface area contributed by atoms with Gasteiger partial charge >= 0.3 is 0 Å². The fourth-order valence-corrected chi connectivity index (χ4v) is 4.48. The number of sulfonamides is 1. The predicted molar refractivity (Wildman–Crippen MR) is 84.7 cm³/mol. The van der Waals surface area contributed by atoms with Crippen molar-refractivity contribution < 1.29 is 8.42 Å².